The van der Waals surface area contributed by atoms with Crippen LogP contribution in [0, 0.1) is 6.92 Å². The van der Waals surface area contributed by atoms with Gasteiger partial charge in [-0.1, -0.05) is 0 Å². The van der Waals surface area contributed by atoms with Gasteiger partial charge in [-0.05, 0) is 34.6 Å². The predicted molar refractivity (Wildman–Crippen MR) is 66.8 cm³/mol. The van der Waals surface area contributed by atoms with Crippen LogP contribution in [-0.2, 0) is 11.3 Å². The van der Waals surface area contributed by atoms with E-state index in [1.165, 1.54) is 0 Å². The van der Waals surface area contributed by atoms with Gasteiger partial charge in [0.15, 0.2) is 0 Å². The predicted octanol–water partition coefficient (Wildman–Crippen LogP) is 2.44. The summed E-state index contributed by atoms with van der Waals surface area (Å²) in [7, 11) is 0. The number of ether oxygens (including phenoxy) is 1. The van der Waals surface area contributed by atoms with E-state index in [1.54, 1.807) is 0 Å². The molecule has 0 unspecified atom stereocenters. The molecule has 0 aliphatic heterocycles. The summed E-state index contributed by atoms with van der Waals surface area (Å²) in [5.74, 6) is 0.924. The molecule has 0 atom stereocenters. The van der Waals surface area contributed by atoms with Crippen LogP contribution >= 0.6 is 0 Å². The fourth-order valence-electron chi connectivity index (χ4n) is 1.66. The van der Waals surface area contributed by atoms with E-state index in [1.807, 2.05) is 13.8 Å². The van der Waals surface area contributed by atoms with Crippen LogP contribution in [0.3, 0.4) is 0 Å². The number of imidazole rings is 1. The molecule has 0 spiro atoms. The number of aromatic nitrogens is 2. The third kappa shape index (κ3) is 3.52. The normalized spacial score (nSPS) is 11.8. The molecule has 0 saturated carbocycles. The maximum Gasteiger partial charge on any atom is 0.203 e. The lowest BCUT2D eigenvalue weighted by molar-refractivity contribution is 0.000543. The van der Waals surface area contributed by atoms with Crippen LogP contribution in [-0.4, -0.2) is 28.3 Å². The highest BCUT2D eigenvalue weighted by atomic mass is 16.5. The third-order valence-corrected chi connectivity index (χ3v) is 2.44. The number of hydrogen-bond acceptors (Lipinski definition) is 3. The minimum atomic E-state index is -0.160. The topological polar surface area (TPSA) is 39.1 Å². The van der Waals surface area contributed by atoms with E-state index in [9.17, 15) is 0 Å². The Hall–Kier alpha value is -1.03. The zero-order chi connectivity index (χ0) is 12.2. The lowest BCUT2D eigenvalue weighted by Gasteiger charge is -2.25. The number of hydrogen-bond donors (Lipinski definition) is 1. The molecule has 0 aliphatic rings. The summed E-state index contributed by atoms with van der Waals surface area (Å²) in [6.07, 6.45) is 2.05. The molecule has 4 heteroatoms. The fourth-order valence-corrected chi connectivity index (χ4v) is 1.66. The van der Waals surface area contributed by atoms with Gasteiger partial charge in [0, 0.05) is 25.9 Å². The summed E-state index contributed by atoms with van der Waals surface area (Å²) in [5, 5.41) is 3.34. The van der Waals surface area contributed by atoms with Crippen LogP contribution in [0.5, 0.6) is 0 Å². The van der Waals surface area contributed by atoms with Crippen molar-refractivity contribution >= 4 is 5.95 Å². The minimum absolute atomic E-state index is 0.160. The van der Waals surface area contributed by atoms with E-state index in [-0.39, 0.29) is 5.60 Å². The largest absolute Gasteiger partial charge is 0.374 e. The zero-order valence-corrected chi connectivity index (χ0v) is 11.0. The first-order valence-electron chi connectivity index (χ1n) is 5.90. The molecule has 0 fully saturated rings. The van der Waals surface area contributed by atoms with Crippen molar-refractivity contribution in [2.24, 2.45) is 0 Å². The minimum Gasteiger partial charge on any atom is -0.374 e. The standard InChI is InChI=1S/C12H23N3O/c1-6-15-8-10(3)14-11(15)13-9-12(4,5)16-7-2/h8H,6-7,9H2,1-5H3,(H,13,14). The summed E-state index contributed by atoms with van der Waals surface area (Å²) < 4.78 is 7.74. The monoisotopic (exact) mass is 225 g/mol. The first-order valence-corrected chi connectivity index (χ1v) is 5.90. The Labute approximate surface area is 98.0 Å². The van der Waals surface area contributed by atoms with Crippen molar-refractivity contribution < 1.29 is 4.74 Å². The van der Waals surface area contributed by atoms with Crippen molar-refractivity contribution in [2.75, 3.05) is 18.5 Å². The van der Waals surface area contributed by atoms with Crippen LogP contribution < -0.4 is 5.32 Å². The molecule has 1 heterocycles. The van der Waals surface area contributed by atoms with Crippen molar-refractivity contribution in [3.8, 4) is 0 Å². The highest BCUT2D eigenvalue weighted by molar-refractivity contribution is 5.29. The third-order valence-electron chi connectivity index (χ3n) is 2.44. The van der Waals surface area contributed by atoms with Crippen LogP contribution in [0.1, 0.15) is 33.4 Å². The summed E-state index contributed by atoms with van der Waals surface area (Å²) >= 11 is 0. The SMILES string of the molecule is CCOC(C)(C)CNc1nc(C)cn1CC. The van der Waals surface area contributed by atoms with E-state index < -0.39 is 0 Å². The molecular weight excluding hydrogens is 202 g/mol. The number of rotatable bonds is 6. The quantitative estimate of drug-likeness (QED) is 0.808. The van der Waals surface area contributed by atoms with Crippen molar-refractivity contribution in [2.45, 2.75) is 46.8 Å². The van der Waals surface area contributed by atoms with Crippen molar-refractivity contribution in [3.05, 3.63) is 11.9 Å². The molecule has 0 bridgehead atoms. The Bertz CT molecular complexity index is 331. The molecule has 0 saturated heterocycles. The van der Waals surface area contributed by atoms with Gasteiger partial charge in [-0.2, -0.15) is 0 Å². The molecule has 1 rings (SSSR count). The number of anilines is 1. The number of nitrogens with one attached hydrogen (secondary N) is 1. The maximum absolute atomic E-state index is 5.63. The van der Waals surface area contributed by atoms with Crippen molar-refractivity contribution in [3.63, 3.8) is 0 Å². The molecule has 0 radical (unpaired) electrons. The van der Waals surface area contributed by atoms with E-state index in [4.69, 9.17) is 4.74 Å². The van der Waals surface area contributed by atoms with Gasteiger partial charge in [0.2, 0.25) is 5.95 Å². The van der Waals surface area contributed by atoms with Crippen LogP contribution in [0.15, 0.2) is 6.20 Å². The molecule has 0 amide bonds. The summed E-state index contributed by atoms with van der Waals surface area (Å²) in [4.78, 5) is 4.44. The van der Waals surface area contributed by atoms with Crippen LogP contribution in [0.2, 0.25) is 0 Å². The molecule has 92 valence electrons. The van der Waals surface area contributed by atoms with Gasteiger partial charge in [-0.3, -0.25) is 0 Å². The summed E-state index contributed by atoms with van der Waals surface area (Å²) in [6.45, 7) is 12.7. The Morgan fingerprint density at radius 3 is 2.69 bits per heavy atom. The van der Waals surface area contributed by atoms with E-state index in [2.05, 4.69) is 41.8 Å². The van der Waals surface area contributed by atoms with Gasteiger partial charge in [-0.25, -0.2) is 4.98 Å². The Balaban J connectivity index is 2.60. The molecule has 4 nitrogen and oxygen atoms in total. The molecule has 1 aromatic heterocycles. The maximum atomic E-state index is 5.63. The Kier molecular flexibility index (Phi) is 4.35. The van der Waals surface area contributed by atoms with Gasteiger partial charge in [0.1, 0.15) is 0 Å². The van der Waals surface area contributed by atoms with Crippen LogP contribution in [0.4, 0.5) is 5.95 Å². The Morgan fingerprint density at radius 2 is 2.12 bits per heavy atom. The second kappa shape index (κ2) is 5.34. The van der Waals surface area contributed by atoms with E-state index in [0.29, 0.717) is 0 Å². The number of nitrogens with zero attached hydrogens (tertiary/aromatic N) is 2. The van der Waals surface area contributed by atoms with Gasteiger partial charge < -0.3 is 14.6 Å². The first kappa shape index (κ1) is 13.0. The van der Waals surface area contributed by atoms with Gasteiger partial charge in [-0.15, -0.1) is 0 Å². The molecule has 0 aliphatic carbocycles. The average molecular weight is 225 g/mol. The van der Waals surface area contributed by atoms with Gasteiger partial charge in [0.25, 0.3) is 0 Å². The van der Waals surface area contributed by atoms with E-state index >= 15 is 0 Å². The van der Waals surface area contributed by atoms with Crippen molar-refractivity contribution in [1.82, 2.24) is 9.55 Å². The Morgan fingerprint density at radius 1 is 1.44 bits per heavy atom. The first-order chi connectivity index (χ1) is 7.48. The summed E-state index contributed by atoms with van der Waals surface area (Å²) in [6, 6.07) is 0. The summed E-state index contributed by atoms with van der Waals surface area (Å²) in [5.41, 5.74) is 0.881. The average Bonchev–Trinajstić information content (AvgIpc) is 2.56. The van der Waals surface area contributed by atoms with Crippen molar-refractivity contribution in [1.29, 1.82) is 0 Å². The van der Waals surface area contributed by atoms with Crippen LogP contribution in [0.25, 0.3) is 0 Å². The molecule has 1 aromatic rings. The lowest BCUT2D eigenvalue weighted by Crippen LogP contribution is -2.34. The lowest BCUT2D eigenvalue weighted by atomic mass is 10.1. The van der Waals surface area contributed by atoms with E-state index in [0.717, 1.165) is 31.3 Å². The second-order valence-corrected chi connectivity index (χ2v) is 4.54. The zero-order valence-electron chi connectivity index (χ0n) is 11.0. The van der Waals surface area contributed by atoms with Gasteiger partial charge in [0.05, 0.1) is 11.3 Å². The highest BCUT2D eigenvalue weighted by Gasteiger charge is 2.18. The van der Waals surface area contributed by atoms with Gasteiger partial charge >= 0.3 is 0 Å². The molecule has 0 aromatic carbocycles. The molecule has 1 N–H and O–H groups in total. The number of aryl methyl sites for hydroxylation is 2. The fraction of sp³-hybridized carbons (Fsp3) is 0.750. The second-order valence-electron chi connectivity index (χ2n) is 4.54. The highest BCUT2D eigenvalue weighted by Crippen LogP contribution is 2.13. The smallest absolute Gasteiger partial charge is 0.203 e. The molecular formula is C12H23N3O. The molecule has 16 heavy (non-hydrogen) atoms.